The average molecular weight is 476 g/mol. The van der Waals surface area contributed by atoms with Gasteiger partial charge in [-0.3, -0.25) is 14.5 Å². The smallest absolute Gasteiger partial charge is 0.313 e. The van der Waals surface area contributed by atoms with E-state index in [0.29, 0.717) is 30.4 Å². The van der Waals surface area contributed by atoms with Gasteiger partial charge in [0, 0.05) is 19.6 Å². The van der Waals surface area contributed by atoms with Gasteiger partial charge < -0.3 is 20.5 Å². The Morgan fingerprint density at radius 2 is 2.03 bits per heavy atom. The molecule has 2 aromatic heterocycles. The number of nitrogens with zero attached hydrogens (tertiary/aromatic N) is 5. The lowest BCUT2D eigenvalue weighted by Gasteiger charge is -2.38. The highest BCUT2D eigenvalue weighted by molar-refractivity contribution is 6.39. The van der Waals surface area contributed by atoms with Crippen LogP contribution in [0.1, 0.15) is 49.7 Å². The molecule has 0 aliphatic carbocycles. The third-order valence-electron chi connectivity index (χ3n) is 7.27. The Kier molecular flexibility index (Phi) is 6.19. The van der Waals surface area contributed by atoms with Gasteiger partial charge in [0.25, 0.3) is 0 Å². The second-order valence-electron chi connectivity index (χ2n) is 9.90. The number of likely N-dealkylation sites (tertiary alicyclic amines) is 1. The number of carbonyl (C=O) groups is 2. The van der Waals surface area contributed by atoms with E-state index in [9.17, 15) is 9.59 Å². The summed E-state index contributed by atoms with van der Waals surface area (Å²) in [6, 6.07) is 7.91. The highest BCUT2D eigenvalue weighted by Crippen LogP contribution is 2.35. The summed E-state index contributed by atoms with van der Waals surface area (Å²) in [5.41, 5.74) is 10.3. The third-order valence-corrected chi connectivity index (χ3v) is 7.27. The van der Waals surface area contributed by atoms with E-state index in [2.05, 4.69) is 51.9 Å². The highest BCUT2D eigenvalue weighted by atomic mass is 16.2. The number of aromatic nitrogens is 3. The maximum absolute atomic E-state index is 13.4. The topological polar surface area (TPSA) is 109 Å². The Balaban J connectivity index is 1.40. The molecule has 9 heteroatoms. The van der Waals surface area contributed by atoms with Crippen LogP contribution in [0, 0.1) is 5.92 Å². The Labute approximate surface area is 205 Å². The molecule has 0 radical (unpaired) electrons. The minimum atomic E-state index is -0.653. The Hall–Kier alpha value is -3.46. The predicted molar refractivity (Wildman–Crippen MR) is 136 cm³/mol. The third kappa shape index (κ3) is 4.48. The number of piperidine rings is 1. The molecule has 184 valence electrons. The zero-order valence-electron chi connectivity index (χ0n) is 20.6. The first kappa shape index (κ1) is 23.3. The van der Waals surface area contributed by atoms with Gasteiger partial charge in [0.05, 0.1) is 35.5 Å². The standard InChI is InChI=1S/C26H33N7O2/c1-4-17-11-19(13-28-24(17)27)29-25(34)26(35)33-14-16(2)5-7-21(33)18-6-8-22-20(12-18)30-23-15-31(3)9-10-32(22)23/h6,8,11-13,16,21H,4-5,7,9-10,14-15H2,1-3H3,(H2,27,28)(H,29,34)/t16-,21+/m0/s1. The van der Waals surface area contributed by atoms with E-state index < -0.39 is 11.8 Å². The van der Waals surface area contributed by atoms with Crippen molar-refractivity contribution < 1.29 is 9.59 Å². The SMILES string of the molecule is CCc1cc(NC(=O)C(=O)N2C[C@@H](C)CC[C@@H]2c2ccc3c(c2)nc2n3CCN(C)C2)cnc1N. The Bertz CT molecular complexity index is 1280. The summed E-state index contributed by atoms with van der Waals surface area (Å²) in [6.07, 6.45) is 3.99. The van der Waals surface area contributed by atoms with Crippen molar-refractivity contribution in [2.45, 2.75) is 52.2 Å². The van der Waals surface area contributed by atoms with Gasteiger partial charge in [-0.25, -0.2) is 9.97 Å². The Morgan fingerprint density at radius 3 is 2.83 bits per heavy atom. The molecule has 3 aromatic rings. The molecular formula is C26H33N7O2. The number of likely N-dealkylation sites (N-methyl/N-ethyl adjacent to an activating group) is 1. The van der Waals surface area contributed by atoms with Crippen molar-refractivity contribution in [3.05, 3.63) is 47.4 Å². The van der Waals surface area contributed by atoms with Gasteiger partial charge in [0.1, 0.15) is 11.6 Å². The van der Waals surface area contributed by atoms with Crippen molar-refractivity contribution >= 4 is 34.4 Å². The lowest BCUT2D eigenvalue weighted by molar-refractivity contribution is -0.146. The van der Waals surface area contributed by atoms with Crippen LogP contribution >= 0.6 is 0 Å². The number of nitrogen functional groups attached to an aromatic ring is 1. The number of benzene rings is 1. The number of pyridine rings is 1. The fourth-order valence-corrected chi connectivity index (χ4v) is 5.28. The molecule has 1 saturated heterocycles. The molecule has 0 bridgehead atoms. The molecule has 1 aromatic carbocycles. The molecule has 2 amide bonds. The van der Waals surface area contributed by atoms with Gasteiger partial charge >= 0.3 is 11.8 Å². The maximum Gasteiger partial charge on any atom is 0.313 e. The van der Waals surface area contributed by atoms with Gasteiger partial charge in [-0.2, -0.15) is 0 Å². The second kappa shape index (κ2) is 9.30. The monoisotopic (exact) mass is 475 g/mol. The fraction of sp³-hybridized carbons (Fsp3) is 0.462. The molecule has 0 spiro atoms. The summed E-state index contributed by atoms with van der Waals surface area (Å²) < 4.78 is 2.28. The van der Waals surface area contributed by atoms with Crippen LogP contribution < -0.4 is 11.1 Å². The molecule has 2 atom stereocenters. The van der Waals surface area contributed by atoms with Crippen molar-refractivity contribution in [2.24, 2.45) is 5.92 Å². The molecule has 9 nitrogen and oxygen atoms in total. The van der Waals surface area contributed by atoms with Crippen molar-refractivity contribution in [1.82, 2.24) is 24.3 Å². The second-order valence-corrected chi connectivity index (χ2v) is 9.90. The van der Waals surface area contributed by atoms with Crippen LogP contribution in [0.25, 0.3) is 11.0 Å². The number of hydrogen-bond donors (Lipinski definition) is 2. The van der Waals surface area contributed by atoms with Crippen LogP contribution in [0.3, 0.4) is 0 Å². The summed E-state index contributed by atoms with van der Waals surface area (Å²) in [7, 11) is 2.11. The number of carbonyl (C=O) groups excluding carboxylic acids is 2. The number of fused-ring (bicyclic) bond motifs is 3. The number of nitrogens with two attached hydrogens (primary N) is 1. The number of nitrogens with one attached hydrogen (secondary N) is 1. The van der Waals surface area contributed by atoms with Crippen molar-refractivity contribution in [1.29, 1.82) is 0 Å². The first-order chi connectivity index (χ1) is 16.8. The van der Waals surface area contributed by atoms with E-state index >= 15 is 0 Å². The minimum absolute atomic E-state index is 0.161. The number of aryl methyl sites for hydroxylation is 1. The zero-order chi connectivity index (χ0) is 24.7. The summed E-state index contributed by atoms with van der Waals surface area (Å²) in [5, 5.41) is 2.73. The minimum Gasteiger partial charge on any atom is -0.383 e. The molecule has 0 saturated carbocycles. The molecule has 3 N–H and O–H groups in total. The van der Waals surface area contributed by atoms with Crippen molar-refractivity contribution in [3.63, 3.8) is 0 Å². The van der Waals surface area contributed by atoms with Crippen molar-refractivity contribution in [3.8, 4) is 0 Å². The van der Waals surface area contributed by atoms with E-state index in [1.807, 2.05) is 6.92 Å². The van der Waals surface area contributed by atoms with Crippen LogP contribution in [0.2, 0.25) is 0 Å². The van der Waals surface area contributed by atoms with E-state index in [1.165, 1.54) is 6.20 Å². The summed E-state index contributed by atoms with van der Waals surface area (Å²) >= 11 is 0. The van der Waals surface area contributed by atoms with Crippen molar-refractivity contribution in [2.75, 3.05) is 31.2 Å². The first-order valence-corrected chi connectivity index (χ1v) is 12.4. The van der Waals surface area contributed by atoms with E-state index in [1.54, 1.807) is 11.0 Å². The quantitative estimate of drug-likeness (QED) is 0.564. The highest BCUT2D eigenvalue weighted by Gasteiger charge is 2.34. The first-order valence-electron chi connectivity index (χ1n) is 12.4. The predicted octanol–water partition coefficient (Wildman–Crippen LogP) is 2.96. The van der Waals surface area contributed by atoms with Crippen LogP contribution in [0.4, 0.5) is 11.5 Å². The molecule has 2 aliphatic rings. The maximum atomic E-state index is 13.4. The van der Waals surface area contributed by atoms with Crippen LogP contribution in [-0.2, 0) is 29.1 Å². The number of rotatable bonds is 3. The van der Waals surface area contributed by atoms with E-state index in [-0.39, 0.29) is 6.04 Å². The molecule has 0 unspecified atom stereocenters. The normalized spacial score (nSPS) is 20.6. The lowest BCUT2D eigenvalue weighted by atomic mass is 9.89. The lowest BCUT2D eigenvalue weighted by Crippen LogP contribution is -2.46. The molecule has 35 heavy (non-hydrogen) atoms. The van der Waals surface area contributed by atoms with Gasteiger partial charge in [-0.05, 0) is 61.6 Å². The van der Waals surface area contributed by atoms with E-state index in [4.69, 9.17) is 10.7 Å². The van der Waals surface area contributed by atoms with Gasteiger partial charge in [0.2, 0.25) is 0 Å². The number of anilines is 2. The van der Waals surface area contributed by atoms with Gasteiger partial charge in [-0.15, -0.1) is 0 Å². The molecule has 4 heterocycles. The zero-order valence-corrected chi connectivity index (χ0v) is 20.6. The summed E-state index contributed by atoms with van der Waals surface area (Å²) in [5.74, 6) is 0.650. The number of imidazole rings is 1. The van der Waals surface area contributed by atoms with E-state index in [0.717, 1.165) is 60.5 Å². The number of hydrogen-bond acceptors (Lipinski definition) is 6. The molecular weight excluding hydrogens is 442 g/mol. The summed E-state index contributed by atoms with van der Waals surface area (Å²) in [6.45, 7) is 7.38. The van der Waals surface area contributed by atoms with Crippen LogP contribution in [0.5, 0.6) is 0 Å². The number of amides is 2. The fourth-order valence-electron chi connectivity index (χ4n) is 5.28. The molecule has 1 fully saturated rings. The summed E-state index contributed by atoms with van der Waals surface area (Å²) in [4.78, 5) is 39.3. The van der Waals surface area contributed by atoms with Gasteiger partial charge in [-0.1, -0.05) is 19.9 Å². The largest absolute Gasteiger partial charge is 0.383 e. The molecule has 2 aliphatic heterocycles. The average Bonchev–Trinajstić information content (AvgIpc) is 3.21. The van der Waals surface area contributed by atoms with Crippen LogP contribution in [-0.4, -0.2) is 56.3 Å². The van der Waals surface area contributed by atoms with Gasteiger partial charge in [0.15, 0.2) is 0 Å². The van der Waals surface area contributed by atoms with Crippen LogP contribution in [0.15, 0.2) is 30.5 Å². The molecule has 5 rings (SSSR count). The Morgan fingerprint density at radius 1 is 1.20 bits per heavy atom.